The van der Waals surface area contributed by atoms with Crippen LogP contribution in [-0.2, 0) is 6.42 Å². The number of furan rings is 1. The molecule has 2 nitrogen and oxygen atoms in total. The molecule has 9 aromatic rings. The smallest absolute Gasteiger partial charge is 0.142 e. The molecule has 59 heavy (non-hydrogen) atoms. The second kappa shape index (κ2) is 14.7. The van der Waals surface area contributed by atoms with Crippen LogP contribution in [0.4, 0.5) is 0 Å². The number of aliphatic imine (C=N–C) groups is 1. The molecular weight excluding hydrogens is 735 g/mol. The summed E-state index contributed by atoms with van der Waals surface area (Å²) in [4.78, 5) is 5.60. The minimum atomic E-state index is -0.0140. The molecule has 2 aromatic heterocycles. The number of allylic oxidation sites excluding steroid dienone is 3. The molecule has 0 radical (unpaired) electrons. The Morgan fingerprint density at radius 2 is 1.22 bits per heavy atom. The number of hydrogen-bond acceptors (Lipinski definition) is 3. The highest BCUT2D eigenvalue weighted by molar-refractivity contribution is 7.26. The second-order valence-electron chi connectivity index (χ2n) is 16.1. The molecule has 7 aromatic carbocycles. The predicted octanol–water partition coefficient (Wildman–Crippen LogP) is 15.4. The van der Waals surface area contributed by atoms with Gasteiger partial charge in [-0.15, -0.1) is 11.3 Å². The third-order valence-corrected chi connectivity index (χ3v) is 14.0. The molecule has 3 atom stereocenters. The van der Waals surface area contributed by atoms with Crippen molar-refractivity contribution in [3.8, 4) is 22.3 Å². The standard InChI is InChI=1S/C56H43NOS/c1-35-36(2)53(41-30-28-38(29-31-41)37-16-6-3-7-17-37)57-50(40-20-10-5-11-21-40)34-49(35)46-26-15-24-44-43-23-14-25-45(54(43)58-55(44)46)47-33-32-42(39-18-8-4-9-19-39)52-48-22-12-13-27-51(48)59-56(47)52/h3-13,15-22,24-36,53H,14,23H2,1-2H3. The highest BCUT2D eigenvalue weighted by atomic mass is 32.1. The number of para-hydroxylation sites is 1. The third-order valence-electron chi connectivity index (χ3n) is 12.8. The number of fused-ring (bicyclic) bond motifs is 6. The van der Waals surface area contributed by atoms with E-state index in [9.17, 15) is 0 Å². The van der Waals surface area contributed by atoms with Gasteiger partial charge in [-0.1, -0.05) is 184 Å². The molecule has 284 valence electrons. The first-order valence-electron chi connectivity index (χ1n) is 20.9. The van der Waals surface area contributed by atoms with E-state index in [2.05, 4.69) is 196 Å². The summed E-state index contributed by atoms with van der Waals surface area (Å²) in [7, 11) is 0. The zero-order chi connectivity index (χ0) is 39.5. The van der Waals surface area contributed by atoms with Gasteiger partial charge in [0, 0.05) is 47.8 Å². The van der Waals surface area contributed by atoms with E-state index < -0.39 is 0 Å². The average molecular weight is 778 g/mol. The van der Waals surface area contributed by atoms with Crippen LogP contribution >= 0.6 is 11.3 Å². The maximum atomic E-state index is 7.27. The van der Waals surface area contributed by atoms with Crippen molar-refractivity contribution in [2.45, 2.75) is 32.7 Å². The van der Waals surface area contributed by atoms with Crippen LogP contribution in [0.5, 0.6) is 0 Å². The van der Waals surface area contributed by atoms with Crippen LogP contribution in [0.15, 0.2) is 191 Å². The maximum absolute atomic E-state index is 7.27. The fraction of sp³-hybridized carbons (Fsp3) is 0.125. The SMILES string of the molecule is CC1C(c2cccc3c4c(oc23)C(c2ccc(-c3ccccc3)c3c2sc2ccccc23)=CCC4)=CC(c2ccccc2)=NC(c2ccc(-c3ccccc3)cc2)C1C. The van der Waals surface area contributed by atoms with Gasteiger partial charge in [0.2, 0.25) is 0 Å². The lowest BCUT2D eigenvalue weighted by atomic mass is 9.79. The van der Waals surface area contributed by atoms with E-state index in [0.29, 0.717) is 0 Å². The molecule has 0 amide bonds. The van der Waals surface area contributed by atoms with Crippen molar-refractivity contribution >= 4 is 59.3 Å². The first-order valence-corrected chi connectivity index (χ1v) is 21.7. The molecule has 0 N–H and O–H groups in total. The Labute approximate surface area is 349 Å². The molecule has 0 bridgehead atoms. The van der Waals surface area contributed by atoms with Crippen molar-refractivity contribution in [3.63, 3.8) is 0 Å². The van der Waals surface area contributed by atoms with Gasteiger partial charge in [0.25, 0.3) is 0 Å². The number of benzene rings is 7. The Bertz CT molecular complexity index is 3110. The number of rotatable bonds is 6. The maximum Gasteiger partial charge on any atom is 0.142 e. The summed E-state index contributed by atoms with van der Waals surface area (Å²) in [5.41, 5.74) is 15.5. The average Bonchev–Trinajstić information content (AvgIpc) is 3.86. The summed E-state index contributed by atoms with van der Waals surface area (Å²) in [6.07, 6.45) is 6.69. The van der Waals surface area contributed by atoms with E-state index in [4.69, 9.17) is 9.41 Å². The van der Waals surface area contributed by atoms with Crippen molar-refractivity contribution < 1.29 is 4.42 Å². The Balaban J connectivity index is 1.03. The lowest BCUT2D eigenvalue weighted by molar-refractivity contribution is 0.396. The monoisotopic (exact) mass is 777 g/mol. The van der Waals surface area contributed by atoms with Gasteiger partial charge >= 0.3 is 0 Å². The number of thiophene rings is 1. The molecular formula is C56H43NOS. The first kappa shape index (κ1) is 35.6. The number of nitrogens with zero attached hydrogens (tertiary/aromatic N) is 1. The van der Waals surface area contributed by atoms with E-state index in [-0.39, 0.29) is 17.9 Å². The van der Waals surface area contributed by atoms with Crippen molar-refractivity contribution in [2.75, 3.05) is 0 Å². The highest BCUT2D eigenvalue weighted by Gasteiger charge is 2.33. The summed E-state index contributed by atoms with van der Waals surface area (Å²) >= 11 is 1.89. The molecule has 2 aliphatic rings. The molecule has 3 heterocycles. The van der Waals surface area contributed by atoms with Crippen LogP contribution < -0.4 is 0 Å². The minimum absolute atomic E-state index is 0.0140. The summed E-state index contributed by atoms with van der Waals surface area (Å²) in [5, 5.41) is 3.84. The van der Waals surface area contributed by atoms with E-state index in [0.717, 1.165) is 41.0 Å². The van der Waals surface area contributed by atoms with Crippen LogP contribution in [-0.4, -0.2) is 5.71 Å². The van der Waals surface area contributed by atoms with Crippen LogP contribution in [0.1, 0.15) is 59.9 Å². The lowest BCUT2D eigenvalue weighted by Crippen LogP contribution is -2.16. The fourth-order valence-electron chi connectivity index (χ4n) is 9.56. The zero-order valence-corrected chi connectivity index (χ0v) is 34.0. The van der Waals surface area contributed by atoms with Gasteiger partial charge in [0.1, 0.15) is 11.3 Å². The largest absolute Gasteiger partial charge is 0.455 e. The van der Waals surface area contributed by atoms with E-state index in [1.165, 1.54) is 75.6 Å². The van der Waals surface area contributed by atoms with Crippen molar-refractivity contribution in [2.24, 2.45) is 16.8 Å². The fourth-order valence-corrected chi connectivity index (χ4v) is 10.8. The Morgan fingerprint density at radius 3 is 1.98 bits per heavy atom. The van der Waals surface area contributed by atoms with Gasteiger partial charge < -0.3 is 4.42 Å². The summed E-state index contributed by atoms with van der Waals surface area (Å²) in [6.45, 7) is 4.75. The van der Waals surface area contributed by atoms with E-state index in [1.807, 2.05) is 11.3 Å². The van der Waals surface area contributed by atoms with Crippen LogP contribution in [0.25, 0.3) is 64.5 Å². The summed E-state index contributed by atoms with van der Waals surface area (Å²) in [6, 6.07) is 61.4. The number of aryl methyl sites for hydroxylation is 1. The van der Waals surface area contributed by atoms with Gasteiger partial charge in [0.05, 0.1) is 11.8 Å². The molecule has 1 aliphatic carbocycles. The molecule has 0 saturated carbocycles. The van der Waals surface area contributed by atoms with Crippen LogP contribution in [0.3, 0.4) is 0 Å². The van der Waals surface area contributed by atoms with Gasteiger partial charge in [-0.3, -0.25) is 4.99 Å². The third kappa shape index (κ3) is 6.11. The van der Waals surface area contributed by atoms with Gasteiger partial charge in [0.15, 0.2) is 0 Å². The molecule has 3 unspecified atom stereocenters. The van der Waals surface area contributed by atoms with Crippen molar-refractivity contribution in [1.29, 1.82) is 0 Å². The van der Waals surface area contributed by atoms with Crippen molar-refractivity contribution in [1.82, 2.24) is 0 Å². The van der Waals surface area contributed by atoms with Crippen LogP contribution in [0.2, 0.25) is 0 Å². The second-order valence-corrected chi connectivity index (χ2v) is 17.2. The van der Waals surface area contributed by atoms with Gasteiger partial charge in [-0.2, -0.15) is 0 Å². The van der Waals surface area contributed by atoms with E-state index >= 15 is 0 Å². The topological polar surface area (TPSA) is 25.5 Å². The lowest BCUT2D eigenvalue weighted by Gasteiger charge is -2.27. The molecule has 1 aliphatic heterocycles. The van der Waals surface area contributed by atoms with Crippen molar-refractivity contribution in [3.05, 3.63) is 216 Å². The summed E-state index contributed by atoms with van der Waals surface area (Å²) < 4.78 is 9.89. The summed E-state index contributed by atoms with van der Waals surface area (Å²) in [5.74, 6) is 1.43. The van der Waals surface area contributed by atoms with E-state index in [1.54, 1.807) is 0 Å². The van der Waals surface area contributed by atoms with Gasteiger partial charge in [-0.05, 0) is 75.8 Å². The molecule has 0 saturated heterocycles. The molecule has 3 heteroatoms. The highest BCUT2D eigenvalue weighted by Crippen LogP contribution is 2.49. The molecule has 0 fully saturated rings. The quantitative estimate of drug-likeness (QED) is 0.165. The number of hydrogen-bond donors (Lipinski definition) is 0. The van der Waals surface area contributed by atoms with Crippen LogP contribution in [0, 0.1) is 11.8 Å². The minimum Gasteiger partial charge on any atom is -0.455 e. The first-order chi connectivity index (χ1) is 29.1. The Hall–Kier alpha value is -6.55. The zero-order valence-electron chi connectivity index (χ0n) is 33.2. The molecule has 0 spiro atoms. The molecule has 11 rings (SSSR count). The Morgan fingerprint density at radius 1 is 0.576 bits per heavy atom. The Kier molecular flexibility index (Phi) is 8.86. The predicted molar refractivity (Wildman–Crippen MR) is 250 cm³/mol. The van der Waals surface area contributed by atoms with Gasteiger partial charge in [-0.25, -0.2) is 0 Å². The normalized spacial score (nSPS) is 18.0.